The van der Waals surface area contributed by atoms with Gasteiger partial charge in [0, 0.05) is 11.6 Å². The second-order valence-corrected chi connectivity index (χ2v) is 5.43. The Bertz CT molecular complexity index is 305. The number of halogens is 3. The van der Waals surface area contributed by atoms with Gasteiger partial charge in [0.15, 0.2) is 0 Å². The molecule has 2 rings (SSSR count). The van der Waals surface area contributed by atoms with Crippen LogP contribution in [0.1, 0.15) is 44.9 Å². The number of carbonyl (C=O) groups excluding carboxylic acids is 1. The number of alkyl halides is 3. The van der Waals surface area contributed by atoms with E-state index in [1.54, 1.807) is 0 Å². The fourth-order valence-corrected chi connectivity index (χ4v) is 3.16. The number of carbonyl (C=O) groups is 1. The van der Waals surface area contributed by atoms with Crippen LogP contribution in [-0.2, 0) is 4.79 Å². The Morgan fingerprint density at radius 2 is 1.89 bits per heavy atom. The van der Waals surface area contributed by atoms with E-state index in [9.17, 15) is 18.0 Å². The van der Waals surface area contributed by atoms with Crippen LogP contribution in [0.3, 0.4) is 0 Å². The second kappa shape index (κ2) is 5.07. The zero-order valence-corrected chi connectivity index (χ0v) is 10.3. The number of hydrogen-bond donors (Lipinski definition) is 2. The number of hydrogen-bond acceptors (Lipinski definition) is 2. The molecule has 6 heteroatoms. The standard InChI is InChI=1S/C12H19F3N2O/c13-12(14,15)10(18)17-9-4-7-16-11(8-9)5-2-1-3-6-11/h9,16H,1-8H2,(H,17,18). The minimum atomic E-state index is -4.77. The van der Waals surface area contributed by atoms with Gasteiger partial charge in [-0.2, -0.15) is 13.2 Å². The normalized spacial score (nSPS) is 28.1. The van der Waals surface area contributed by atoms with Crippen molar-refractivity contribution < 1.29 is 18.0 Å². The zero-order chi connectivity index (χ0) is 13.2. The second-order valence-electron chi connectivity index (χ2n) is 5.43. The lowest BCUT2D eigenvalue weighted by Gasteiger charge is -2.44. The molecule has 1 saturated carbocycles. The quantitative estimate of drug-likeness (QED) is 0.761. The van der Waals surface area contributed by atoms with Gasteiger partial charge in [-0.15, -0.1) is 0 Å². The summed E-state index contributed by atoms with van der Waals surface area (Å²) in [6.07, 6.45) is 1.86. The fraction of sp³-hybridized carbons (Fsp3) is 0.917. The summed E-state index contributed by atoms with van der Waals surface area (Å²) >= 11 is 0. The average molecular weight is 264 g/mol. The Kier molecular flexibility index (Phi) is 3.84. The smallest absolute Gasteiger partial charge is 0.345 e. The molecular formula is C12H19F3N2O. The van der Waals surface area contributed by atoms with Crippen molar-refractivity contribution in [2.45, 2.75) is 62.7 Å². The van der Waals surface area contributed by atoms with Crippen LogP contribution in [0.5, 0.6) is 0 Å². The predicted molar refractivity (Wildman–Crippen MR) is 61.0 cm³/mol. The number of rotatable bonds is 1. The molecule has 1 heterocycles. The molecule has 1 saturated heterocycles. The fourth-order valence-electron chi connectivity index (χ4n) is 3.16. The van der Waals surface area contributed by atoms with Crippen molar-refractivity contribution in [3.05, 3.63) is 0 Å². The van der Waals surface area contributed by atoms with Crippen LogP contribution in [0.15, 0.2) is 0 Å². The van der Waals surface area contributed by atoms with Crippen LogP contribution < -0.4 is 10.6 Å². The van der Waals surface area contributed by atoms with E-state index in [1.807, 2.05) is 0 Å². The lowest BCUT2D eigenvalue weighted by atomic mass is 9.75. The Labute approximate surface area is 104 Å². The monoisotopic (exact) mass is 264 g/mol. The maximum atomic E-state index is 12.2. The Hall–Kier alpha value is -0.780. The minimum absolute atomic E-state index is 0.0416. The van der Waals surface area contributed by atoms with E-state index in [1.165, 1.54) is 6.42 Å². The van der Waals surface area contributed by atoms with E-state index in [2.05, 4.69) is 10.6 Å². The number of nitrogens with one attached hydrogen (secondary N) is 2. The summed E-state index contributed by atoms with van der Waals surface area (Å²) in [5, 5.41) is 5.57. The van der Waals surface area contributed by atoms with Gasteiger partial charge in [-0.05, 0) is 32.2 Å². The van der Waals surface area contributed by atoms with Crippen molar-refractivity contribution in [3.8, 4) is 0 Å². The van der Waals surface area contributed by atoms with Gasteiger partial charge in [-0.3, -0.25) is 4.79 Å². The van der Waals surface area contributed by atoms with E-state index in [0.29, 0.717) is 19.4 Å². The van der Waals surface area contributed by atoms with Crippen molar-refractivity contribution in [2.75, 3.05) is 6.54 Å². The Balaban J connectivity index is 1.92. The Morgan fingerprint density at radius 1 is 1.22 bits per heavy atom. The molecule has 104 valence electrons. The Morgan fingerprint density at radius 3 is 2.50 bits per heavy atom. The van der Waals surface area contributed by atoms with Gasteiger partial charge in [0.2, 0.25) is 0 Å². The summed E-state index contributed by atoms with van der Waals surface area (Å²) < 4.78 is 36.6. The molecule has 1 spiro atoms. The van der Waals surface area contributed by atoms with Crippen molar-refractivity contribution in [1.82, 2.24) is 10.6 Å². The van der Waals surface area contributed by atoms with E-state index >= 15 is 0 Å². The van der Waals surface area contributed by atoms with Gasteiger partial charge >= 0.3 is 12.1 Å². The van der Waals surface area contributed by atoms with Crippen molar-refractivity contribution in [1.29, 1.82) is 0 Å². The molecule has 0 aromatic heterocycles. The van der Waals surface area contributed by atoms with Gasteiger partial charge in [0.05, 0.1) is 0 Å². The van der Waals surface area contributed by atoms with Crippen LogP contribution in [0, 0.1) is 0 Å². The molecule has 1 aliphatic heterocycles. The van der Waals surface area contributed by atoms with Crippen LogP contribution in [-0.4, -0.2) is 30.2 Å². The summed E-state index contributed by atoms with van der Waals surface area (Å²) in [6, 6.07) is -0.349. The van der Waals surface area contributed by atoms with E-state index in [0.717, 1.165) is 25.7 Å². The maximum Gasteiger partial charge on any atom is 0.471 e. The summed E-state index contributed by atoms with van der Waals surface area (Å²) in [4.78, 5) is 10.9. The topological polar surface area (TPSA) is 41.1 Å². The molecular weight excluding hydrogens is 245 g/mol. The van der Waals surface area contributed by atoms with Crippen LogP contribution in [0.2, 0.25) is 0 Å². The highest BCUT2D eigenvalue weighted by Crippen LogP contribution is 2.34. The van der Waals surface area contributed by atoms with E-state index in [-0.39, 0.29) is 11.6 Å². The highest BCUT2D eigenvalue weighted by atomic mass is 19.4. The molecule has 2 fully saturated rings. The average Bonchev–Trinajstić information content (AvgIpc) is 2.28. The largest absolute Gasteiger partial charge is 0.471 e. The predicted octanol–water partition coefficient (Wildman–Crippen LogP) is 2.12. The molecule has 1 unspecified atom stereocenters. The van der Waals surface area contributed by atoms with Crippen molar-refractivity contribution >= 4 is 5.91 Å². The first-order valence-corrected chi connectivity index (χ1v) is 6.54. The minimum Gasteiger partial charge on any atom is -0.345 e. The molecule has 3 nitrogen and oxygen atoms in total. The van der Waals surface area contributed by atoms with E-state index in [4.69, 9.17) is 0 Å². The third kappa shape index (κ3) is 3.16. The summed E-state index contributed by atoms with van der Waals surface area (Å²) in [7, 11) is 0. The molecule has 18 heavy (non-hydrogen) atoms. The van der Waals surface area contributed by atoms with Crippen LogP contribution >= 0.6 is 0 Å². The lowest BCUT2D eigenvalue weighted by Crippen LogP contribution is -2.58. The first-order chi connectivity index (χ1) is 8.41. The summed E-state index contributed by atoms with van der Waals surface area (Å²) in [6.45, 7) is 0.683. The molecule has 0 aromatic carbocycles. The van der Waals surface area contributed by atoms with Crippen molar-refractivity contribution in [3.63, 3.8) is 0 Å². The highest BCUT2D eigenvalue weighted by Gasteiger charge is 2.42. The summed E-state index contributed by atoms with van der Waals surface area (Å²) in [5.41, 5.74) is -0.0416. The van der Waals surface area contributed by atoms with Crippen LogP contribution in [0.4, 0.5) is 13.2 Å². The maximum absolute atomic E-state index is 12.2. The van der Waals surface area contributed by atoms with Gasteiger partial charge in [-0.1, -0.05) is 19.3 Å². The zero-order valence-electron chi connectivity index (χ0n) is 10.3. The number of amides is 1. The molecule has 2 aliphatic rings. The van der Waals surface area contributed by atoms with Crippen molar-refractivity contribution in [2.24, 2.45) is 0 Å². The summed E-state index contributed by atoms with van der Waals surface area (Å²) in [5.74, 6) is -1.81. The molecule has 1 aliphatic carbocycles. The number of piperidine rings is 1. The third-order valence-electron chi connectivity index (χ3n) is 4.03. The van der Waals surface area contributed by atoms with Gasteiger partial charge in [0.1, 0.15) is 0 Å². The molecule has 0 bridgehead atoms. The first kappa shape index (κ1) is 13.6. The molecule has 1 atom stereocenters. The van der Waals surface area contributed by atoms with Gasteiger partial charge in [-0.25, -0.2) is 0 Å². The molecule has 2 N–H and O–H groups in total. The third-order valence-corrected chi connectivity index (χ3v) is 4.03. The molecule has 1 amide bonds. The molecule has 0 radical (unpaired) electrons. The lowest BCUT2D eigenvalue weighted by molar-refractivity contribution is -0.174. The first-order valence-electron chi connectivity index (χ1n) is 6.54. The molecule has 0 aromatic rings. The van der Waals surface area contributed by atoms with Gasteiger partial charge in [0.25, 0.3) is 0 Å². The SMILES string of the molecule is O=C(NC1CCNC2(CCCCC2)C1)C(F)(F)F. The van der Waals surface area contributed by atoms with Crippen LogP contribution in [0.25, 0.3) is 0 Å². The van der Waals surface area contributed by atoms with Gasteiger partial charge < -0.3 is 10.6 Å². The van der Waals surface area contributed by atoms with E-state index < -0.39 is 12.1 Å². The highest BCUT2D eigenvalue weighted by molar-refractivity contribution is 5.81.